The van der Waals surface area contributed by atoms with Crippen molar-refractivity contribution in [2.24, 2.45) is 0 Å². The summed E-state index contributed by atoms with van der Waals surface area (Å²) in [6.07, 6.45) is 3.42. The number of rotatable bonds is 2. The minimum atomic E-state index is -0.374. The summed E-state index contributed by atoms with van der Waals surface area (Å²) >= 11 is 3.25. The van der Waals surface area contributed by atoms with E-state index < -0.39 is 0 Å². The van der Waals surface area contributed by atoms with Gasteiger partial charge in [-0.05, 0) is 64.0 Å². The van der Waals surface area contributed by atoms with Crippen LogP contribution in [0.1, 0.15) is 16.9 Å². The number of hydrogen-bond donors (Lipinski definition) is 0. The molecule has 1 aliphatic heterocycles. The van der Waals surface area contributed by atoms with Crippen LogP contribution in [0.2, 0.25) is 0 Å². The average Bonchev–Trinajstić information content (AvgIpc) is 3.13. The van der Waals surface area contributed by atoms with Crippen molar-refractivity contribution in [1.29, 1.82) is 0 Å². The second kappa shape index (κ2) is 5.80. The van der Waals surface area contributed by atoms with Gasteiger partial charge in [-0.3, -0.25) is 0 Å². The van der Waals surface area contributed by atoms with Crippen LogP contribution in [0.5, 0.6) is 0 Å². The SMILES string of the molecule is Cc1ccc2cc(C3=C/C(=C/c4ccc(Br)o4)C(=O)O3)ccc2c1. The molecule has 0 amide bonds. The van der Waals surface area contributed by atoms with E-state index in [1.807, 2.05) is 18.2 Å². The van der Waals surface area contributed by atoms with Crippen LogP contribution in [0.3, 0.4) is 0 Å². The number of carbonyl (C=O) groups excluding carboxylic acids is 1. The molecule has 2 aromatic carbocycles. The summed E-state index contributed by atoms with van der Waals surface area (Å²) in [6.45, 7) is 2.07. The highest BCUT2D eigenvalue weighted by Gasteiger charge is 2.22. The molecule has 0 bridgehead atoms. The van der Waals surface area contributed by atoms with Gasteiger partial charge in [-0.25, -0.2) is 4.79 Å². The lowest BCUT2D eigenvalue weighted by atomic mass is 10.0. The van der Waals surface area contributed by atoms with E-state index in [4.69, 9.17) is 9.15 Å². The smallest absolute Gasteiger partial charge is 0.343 e. The van der Waals surface area contributed by atoms with Crippen LogP contribution in [0.4, 0.5) is 0 Å². The quantitative estimate of drug-likeness (QED) is 0.436. The molecule has 0 radical (unpaired) electrons. The van der Waals surface area contributed by atoms with Gasteiger partial charge in [0.05, 0.1) is 5.57 Å². The van der Waals surface area contributed by atoms with Gasteiger partial charge in [0.15, 0.2) is 4.67 Å². The Balaban J connectivity index is 1.71. The number of esters is 1. The Bertz CT molecular complexity index is 1020. The van der Waals surface area contributed by atoms with Crippen molar-refractivity contribution in [1.82, 2.24) is 0 Å². The maximum atomic E-state index is 12.1. The van der Waals surface area contributed by atoms with Crippen LogP contribution in [0, 0.1) is 6.92 Å². The number of halogens is 1. The number of cyclic esters (lactones) is 1. The van der Waals surface area contributed by atoms with Gasteiger partial charge < -0.3 is 9.15 Å². The molecule has 0 saturated carbocycles. The summed E-state index contributed by atoms with van der Waals surface area (Å²) in [5.41, 5.74) is 2.57. The first kappa shape index (κ1) is 15.0. The number of furan rings is 1. The number of ether oxygens (including phenoxy) is 1. The van der Waals surface area contributed by atoms with Gasteiger partial charge in [0.1, 0.15) is 11.5 Å². The zero-order chi connectivity index (χ0) is 16.7. The van der Waals surface area contributed by atoms with Gasteiger partial charge >= 0.3 is 5.97 Å². The molecule has 0 aliphatic carbocycles. The van der Waals surface area contributed by atoms with Crippen molar-refractivity contribution in [3.05, 3.63) is 81.7 Å². The first-order valence-corrected chi connectivity index (χ1v) is 8.29. The van der Waals surface area contributed by atoms with Gasteiger partial charge in [0, 0.05) is 5.56 Å². The number of fused-ring (bicyclic) bond motifs is 1. The molecule has 0 unspecified atom stereocenters. The standard InChI is InChI=1S/C20H13BrO3/c1-12-2-3-14-9-15(5-4-13(14)8-12)18-11-16(20(22)24-18)10-17-6-7-19(21)23-17/h2-11H,1H3/b16-10-. The first-order valence-electron chi connectivity index (χ1n) is 7.50. The molecule has 1 aliphatic rings. The molecule has 1 aromatic heterocycles. The number of aryl methyl sites for hydroxylation is 1. The van der Waals surface area contributed by atoms with Crippen molar-refractivity contribution in [2.45, 2.75) is 6.92 Å². The minimum absolute atomic E-state index is 0.374. The number of carbonyl (C=O) groups is 1. The van der Waals surface area contributed by atoms with Crippen molar-refractivity contribution >= 4 is 44.5 Å². The minimum Gasteiger partial charge on any atom is -0.450 e. The third-order valence-electron chi connectivity index (χ3n) is 3.90. The predicted octanol–water partition coefficient (Wildman–Crippen LogP) is 5.49. The molecule has 0 fully saturated rings. The molecule has 0 atom stereocenters. The highest BCUT2D eigenvalue weighted by Crippen LogP contribution is 2.30. The highest BCUT2D eigenvalue weighted by molar-refractivity contribution is 9.10. The van der Waals surface area contributed by atoms with E-state index in [-0.39, 0.29) is 5.97 Å². The lowest BCUT2D eigenvalue weighted by molar-refractivity contribution is -0.130. The topological polar surface area (TPSA) is 39.4 Å². The molecular formula is C20H13BrO3. The zero-order valence-electron chi connectivity index (χ0n) is 12.9. The summed E-state index contributed by atoms with van der Waals surface area (Å²) in [5.74, 6) is 0.779. The van der Waals surface area contributed by atoms with E-state index in [9.17, 15) is 4.79 Å². The molecule has 3 aromatic rings. The van der Waals surface area contributed by atoms with Gasteiger partial charge in [-0.15, -0.1) is 0 Å². The number of hydrogen-bond acceptors (Lipinski definition) is 3. The van der Waals surface area contributed by atoms with E-state index in [1.54, 1.807) is 24.3 Å². The zero-order valence-corrected chi connectivity index (χ0v) is 14.5. The van der Waals surface area contributed by atoms with Crippen molar-refractivity contribution < 1.29 is 13.9 Å². The molecule has 0 spiro atoms. The Kier molecular flexibility index (Phi) is 3.62. The summed E-state index contributed by atoms with van der Waals surface area (Å²) in [4.78, 5) is 12.1. The van der Waals surface area contributed by atoms with E-state index in [0.717, 1.165) is 10.9 Å². The van der Waals surface area contributed by atoms with Gasteiger partial charge in [-0.1, -0.05) is 35.9 Å². The molecule has 4 rings (SSSR count). The fraction of sp³-hybridized carbons (Fsp3) is 0.0500. The van der Waals surface area contributed by atoms with E-state index in [2.05, 4.69) is 41.1 Å². The Labute approximate surface area is 147 Å². The highest BCUT2D eigenvalue weighted by atomic mass is 79.9. The Morgan fingerprint density at radius 2 is 1.79 bits per heavy atom. The van der Waals surface area contributed by atoms with Crippen LogP contribution in [0.25, 0.3) is 22.6 Å². The third kappa shape index (κ3) is 2.81. The van der Waals surface area contributed by atoms with Gasteiger partial charge in [0.25, 0.3) is 0 Å². The Hall–Kier alpha value is -2.59. The van der Waals surface area contributed by atoms with Crippen LogP contribution in [-0.4, -0.2) is 5.97 Å². The van der Waals surface area contributed by atoms with Crippen LogP contribution < -0.4 is 0 Å². The maximum Gasteiger partial charge on any atom is 0.343 e. The summed E-state index contributed by atoms with van der Waals surface area (Å²) in [5, 5.41) is 2.28. The van der Waals surface area contributed by atoms with E-state index >= 15 is 0 Å². The second-order valence-electron chi connectivity index (χ2n) is 5.71. The summed E-state index contributed by atoms with van der Waals surface area (Å²) in [6, 6.07) is 15.9. The van der Waals surface area contributed by atoms with Gasteiger partial charge in [0.2, 0.25) is 0 Å². The predicted molar refractivity (Wildman–Crippen MR) is 97.1 cm³/mol. The molecule has 0 N–H and O–H groups in total. The molecule has 118 valence electrons. The third-order valence-corrected chi connectivity index (χ3v) is 4.32. The molecule has 0 saturated heterocycles. The van der Waals surface area contributed by atoms with Crippen LogP contribution >= 0.6 is 15.9 Å². The fourth-order valence-electron chi connectivity index (χ4n) is 2.71. The normalized spacial score (nSPS) is 15.8. The molecule has 24 heavy (non-hydrogen) atoms. The average molecular weight is 381 g/mol. The molecule has 3 nitrogen and oxygen atoms in total. The van der Waals surface area contributed by atoms with Crippen molar-refractivity contribution in [3.8, 4) is 0 Å². The van der Waals surface area contributed by atoms with Crippen LogP contribution in [0.15, 0.2) is 69.3 Å². The van der Waals surface area contributed by atoms with E-state index in [1.165, 1.54) is 10.9 Å². The maximum absolute atomic E-state index is 12.1. The Morgan fingerprint density at radius 3 is 2.58 bits per heavy atom. The van der Waals surface area contributed by atoms with E-state index in [0.29, 0.717) is 21.8 Å². The number of benzene rings is 2. The largest absolute Gasteiger partial charge is 0.450 e. The summed E-state index contributed by atoms with van der Waals surface area (Å²) < 4.78 is 11.4. The molecular weight excluding hydrogens is 368 g/mol. The van der Waals surface area contributed by atoms with Gasteiger partial charge in [-0.2, -0.15) is 0 Å². The monoisotopic (exact) mass is 380 g/mol. The summed E-state index contributed by atoms with van der Waals surface area (Å²) in [7, 11) is 0. The lowest BCUT2D eigenvalue weighted by Crippen LogP contribution is -1.97. The van der Waals surface area contributed by atoms with Crippen molar-refractivity contribution in [2.75, 3.05) is 0 Å². The van der Waals surface area contributed by atoms with Crippen LogP contribution in [-0.2, 0) is 9.53 Å². The second-order valence-corrected chi connectivity index (χ2v) is 6.49. The molecule has 4 heteroatoms. The first-order chi connectivity index (χ1) is 11.6. The van der Waals surface area contributed by atoms with Crippen molar-refractivity contribution in [3.63, 3.8) is 0 Å². The lowest BCUT2D eigenvalue weighted by Gasteiger charge is -2.05. The molecule has 2 heterocycles. The fourth-order valence-corrected chi connectivity index (χ4v) is 3.03. The Morgan fingerprint density at radius 1 is 1.00 bits per heavy atom.